The number of hydrogen-bond donors (Lipinski definition) is 0. The Morgan fingerprint density at radius 3 is 2.60 bits per heavy atom. The zero-order valence-electron chi connectivity index (χ0n) is 11.5. The molecule has 1 heterocycles. The molecule has 0 saturated carbocycles. The number of benzene rings is 1. The Bertz CT molecular complexity index is 646. The van der Waals surface area contributed by atoms with E-state index in [1.54, 1.807) is 12.1 Å². The average Bonchev–Trinajstić information content (AvgIpc) is 2.82. The second-order valence-corrected chi connectivity index (χ2v) is 5.95. The average molecular weight is 339 g/mol. The molecule has 0 aliphatic heterocycles. The molecule has 0 spiro atoms. The summed E-state index contributed by atoms with van der Waals surface area (Å²) in [5.74, 6) is 1.43. The van der Waals surface area contributed by atoms with Gasteiger partial charge in [-0.05, 0) is 20.8 Å². The topological polar surface area (TPSA) is 73.8 Å². The molecule has 0 fully saturated rings. The summed E-state index contributed by atoms with van der Waals surface area (Å²) in [6.07, 6.45) is 0. The van der Waals surface area contributed by atoms with Gasteiger partial charge in [0.25, 0.3) is 5.69 Å². The van der Waals surface area contributed by atoms with Gasteiger partial charge < -0.3 is 4.57 Å². The molecule has 7 heteroatoms. The maximum Gasteiger partial charge on any atom is 0.270 e. The SMILES string of the molecule is CC(C)(C)n1c(CBr)nnc1-c1cccc([N+](=O)[O-])c1. The second kappa shape index (κ2) is 5.32. The van der Waals surface area contributed by atoms with E-state index >= 15 is 0 Å². The number of nitro groups is 1. The van der Waals surface area contributed by atoms with Crippen LogP contribution in [-0.2, 0) is 10.9 Å². The van der Waals surface area contributed by atoms with Crippen molar-refractivity contribution < 1.29 is 4.92 Å². The van der Waals surface area contributed by atoms with Crippen molar-refractivity contribution in [2.45, 2.75) is 31.6 Å². The van der Waals surface area contributed by atoms with E-state index < -0.39 is 4.92 Å². The summed E-state index contributed by atoms with van der Waals surface area (Å²) >= 11 is 3.39. The lowest BCUT2D eigenvalue weighted by atomic mass is 10.1. The highest BCUT2D eigenvalue weighted by atomic mass is 79.9. The lowest BCUT2D eigenvalue weighted by Crippen LogP contribution is -2.24. The van der Waals surface area contributed by atoms with Crippen LogP contribution in [0, 0.1) is 10.1 Å². The number of alkyl halides is 1. The number of nitrogens with zero attached hydrogens (tertiary/aromatic N) is 4. The van der Waals surface area contributed by atoms with Crippen LogP contribution in [0.15, 0.2) is 24.3 Å². The van der Waals surface area contributed by atoms with E-state index in [1.165, 1.54) is 12.1 Å². The molecular formula is C13H15BrN4O2. The number of hydrogen-bond acceptors (Lipinski definition) is 4. The highest BCUT2D eigenvalue weighted by Crippen LogP contribution is 2.28. The van der Waals surface area contributed by atoms with Crippen LogP contribution >= 0.6 is 15.9 Å². The standard InChI is InChI=1S/C13H15BrN4O2/c1-13(2,3)17-11(8-14)15-16-12(17)9-5-4-6-10(7-9)18(19)20/h4-7H,8H2,1-3H3. The minimum atomic E-state index is -0.410. The summed E-state index contributed by atoms with van der Waals surface area (Å²) < 4.78 is 1.99. The Morgan fingerprint density at radius 2 is 2.05 bits per heavy atom. The summed E-state index contributed by atoms with van der Waals surface area (Å²) in [7, 11) is 0. The zero-order chi connectivity index (χ0) is 14.9. The maximum atomic E-state index is 10.9. The van der Waals surface area contributed by atoms with Crippen LogP contribution in [0.5, 0.6) is 0 Å². The largest absolute Gasteiger partial charge is 0.305 e. The van der Waals surface area contributed by atoms with Crippen molar-refractivity contribution in [1.82, 2.24) is 14.8 Å². The molecule has 6 nitrogen and oxygen atoms in total. The molecule has 0 aliphatic rings. The van der Waals surface area contributed by atoms with Crippen molar-refractivity contribution in [1.29, 1.82) is 0 Å². The third kappa shape index (κ3) is 2.72. The van der Waals surface area contributed by atoms with Crippen molar-refractivity contribution in [3.05, 3.63) is 40.2 Å². The van der Waals surface area contributed by atoms with Crippen molar-refractivity contribution in [3.8, 4) is 11.4 Å². The van der Waals surface area contributed by atoms with Gasteiger partial charge in [-0.25, -0.2) is 0 Å². The Morgan fingerprint density at radius 1 is 1.35 bits per heavy atom. The first kappa shape index (κ1) is 14.6. The van der Waals surface area contributed by atoms with E-state index in [0.29, 0.717) is 16.7 Å². The van der Waals surface area contributed by atoms with E-state index in [4.69, 9.17) is 0 Å². The van der Waals surface area contributed by atoms with Gasteiger partial charge in [-0.2, -0.15) is 0 Å². The molecule has 0 aliphatic carbocycles. The van der Waals surface area contributed by atoms with Crippen LogP contribution < -0.4 is 0 Å². The van der Waals surface area contributed by atoms with Crippen molar-refractivity contribution in [2.24, 2.45) is 0 Å². The van der Waals surface area contributed by atoms with Gasteiger partial charge >= 0.3 is 0 Å². The first-order valence-electron chi connectivity index (χ1n) is 6.10. The smallest absolute Gasteiger partial charge is 0.270 e. The number of aromatic nitrogens is 3. The van der Waals surface area contributed by atoms with Crippen LogP contribution in [0.2, 0.25) is 0 Å². The van der Waals surface area contributed by atoms with Crippen molar-refractivity contribution in [2.75, 3.05) is 0 Å². The summed E-state index contributed by atoms with van der Waals surface area (Å²) in [6.45, 7) is 6.14. The first-order chi connectivity index (χ1) is 9.34. The Labute approximate surface area is 125 Å². The van der Waals surface area contributed by atoms with Crippen LogP contribution in [0.3, 0.4) is 0 Å². The molecular weight excluding hydrogens is 324 g/mol. The molecule has 0 radical (unpaired) electrons. The molecule has 106 valence electrons. The van der Waals surface area contributed by atoms with E-state index in [9.17, 15) is 10.1 Å². The highest BCUT2D eigenvalue weighted by Gasteiger charge is 2.24. The molecule has 2 rings (SSSR count). The fourth-order valence-corrected chi connectivity index (χ4v) is 2.42. The minimum absolute atomic E-state index is 0.0475. The van der Waals surface area contributed by atoms with Gasteiger partial charge in [-0.15, -0.1) is 10.2 Å². The highest BCUT2D eigenvalue weighted by molar-refractivity contribution is 9.08. The molecule has 0 amide bonds. The summed E-state index contributed by atoms with van der Waals surface area (Å²) in [4.78, 5) is 10.5. The number of non-ortho nitro benzene ring substituents is 1. The molecule has 2 aromatic rings. The van der Waals surface area contributed by atoms with E-state index in [0.717, 1.165) is 5.82 Å². The normalized spacial score (nSPS) is 11.6. The fourth-order valence-electron chi connectivity index (χ4n) is 2.05. The first-order valence-corrected chi connectivity index (χ1v) is 7.22. The van der Waals surface area contributed by atoms with E-state index in [2.05, 4.69) is 26.1 Å². The van der Waals surface area contributed by atoms with Crippen LogP contribution in [0.1, 0.15) is 26.6 Å². The van der Waals surface area contributed by atoms with Gasteiger partial charge in [0.1, 0.15) is 5.82 Å². The molecule has 20 heavy (non-hydrogen) atoms. The molecule has 0 N–H and O–H groups in total. The molecule has 1 aromatic heterocycles. The van der Waals surface area contributed by atoms with Crippen LogP contribution in [0.25, 0.3) is 11.4 Å². The lowest BCUT2D eigenvalue weighted by molar-refractivity contribution is -0.384. The van der Waals surface area contributed by atoms with Crippen LogP contribution in [-0.4, -0.2) is 19.7 Å². The minimum Gasteiger partial charge on any atom is -0.305 e. The van der Waals surface area contributed by atoms with Gasteiger partial charge in [0, 0.05) is 23.2 Å². The lowest BCUT2D eigenvalue weighted by Gasteiger charge is -2.24. The zero-order valence-corrected chi connectivity index (χ0v) is 13.1. The summed E-state index contributed by atoms with van der Waals surface area (Å²) in [6, 6.07) is 6.44. The van der Waals surface area contributed by atoms with Gasteiger partial charge in [-0.1, -0.05) is 28.1 Å². The summed E-state index contributed by atoms with van der Waals surface area (Å²) in [5.41, 5.74) is 0.521. The predicted molar refractivity (Wildman–Crippen MR) is 79.7 cm³/mol. The quantitative estimate of drug-likeness (QED) is 0.487. The van der Waals surface area contributed by atoms with Gasteiger partial charge in [0.05, 0.1) is 10.3 Å². The van der Waals surface area contributed by atoms with Gasteiger partial charge in [0.2, 0.25) is 0 Å². The van der Waals surface area contributed by atoms with Crippen molar-refractivity contribution >= 4 is 21.6 Å². The molecule has 0 bridgehead atoms. The van der Waals surface area contributed by atoms with Gasteiger partial charge in [-0.3, -0.25) is 10.1 Å². The number of halogens is 1. The Kier molecular flexibility index (Phi) is 3.89. The van der Waals surface area contributed by atoms with Crippen molar-refractivity contribution in [3.63, 3.8) is 0 Å². The predicted octanol–water partition coefficient (Wildman–Crippen LogP) is 3.50. The summed E-state index contributed by atoms with van der Waals surface area (Å²) in [5, 5.41) is 19.8. The molecule has 0 unspecified atom stereocenters. The second-order valence-electron chi connectivity index (χ2n) is 5.39. The van der Waals surface area contributed by atoms with Crippen LogP contribution in [0.4, 0.5) is 5.69 Å². The monoisotopic (exact) mass is 338 g/mol. The molecule has 0 atom stereocenters. The number of rotatable bonds is 3. The molecule has 1 aromatic carbocycles. The fraction of sp³-hybridized carbons (Fsp3) is 0.385. The van der Waals surface area contributed by atoms with E-state index in [-0.39, 0.29) is 11.2 Å². The van der Waals surface area contributed by atoms with Gasteiger partial charge in [0.15, 0.2) is 5.82 Å². The third-order valence-corrected chi connectivity index (χ3v) is 3.34. The maximum absolute atomic E-state index is 10.9. The Balaban J connectivity index is 2.61. The third-order valence-electron chi connectivity index (χ3n) is 2.84. The molecule has 0 saturated heterocycles. The van der Waals surface area contributed by atoms with E-state index in [1.807, 2.05) is 25.3 Å². The Hall–Kier alpha value is -1.76. The number of nitro benzene ring substituents is 1.